The number of aliphatic hydroxyl groups excluding tert-OH is 1. The third kappa shape index (κ3) is 4.40. The van der Waals surface area contributed by atoms with E-state index in [-0.39, 0.29) is 18.0 Å². The summed E-state index contributed by atoms with van der Waals surface area (Å²) in [4.78, 5) is 2.23. The standard InChI is InChI=1S/C16H25FN2O2/c1-12(18-7-10-21-2)15-11-13(17)3-4-16(15)19-8-5-14(20)6-9-19/h3-4,11-12,14,18,20H,5-10H2,1-2H3. The van der Waals surface area contributed by atoms with Crippen molar-refractivity contribution < 1.29 is 14.2 Å². The number of piperidine rings is 1. The van der Waals surface area contributed by atoms with Crippen molar-refractivity contribution in [3.63, 3.8) is 0 Å². The molecule has 118 valence electrons. The van der Waals surface area contributed by atoms with Gasteiger partial charge in [0.05, 0.1) is 12.7 Å². The van der Waals surface area contributed by atoms with Gasteiger partial charge >= 0.3 is 0 Å². The normalized spacial score (nSPS) is 18.0. The predicted octanol–water partition coefficient (Wildman–Crippen LogP) is 2.08. The topological polar surface area (TPSA) is 44.7 Å². The third-order valence-electron chi connectivity index (χ3n) is 4.02. The van der Waals surface area contributed by atoms with E-state index < -0.39 is 0 Å². The summed E-state index contributed by atoms with van der Waals surface area (Å²) in [5, 5.41) is 13.0. The Hall–Kier alpha value is -1.17. The molecule has 5 heteroatoms. The molecular weight excluding hydrogens is 271 g/mol. The van der Waals surface area contributed by atoms with Crippen molar-refractivity contribution in [2.75, 3.05) is 38.3 Å². The molecule has 0 saturated carbocycles. The number of nitrogens with one attached hydrogen (secondary N) is 1. The molecule has 1 aromatic carbocycles. The average Bonchev–Trinajstić information content (AvgIpc) is 2.48. The van der Waals surface area contributed by atoms with E-state index in [1.165, 1.54) is 6.07 Å². The zero-order valence-electron chi connectivity index (χ0n) is 12.8. The zero-order valence-corrected chi connectivity index (χ0v) is 12.8. The Morgan fingerprint density at radius 3 is 2.81 bits per heavy atom. The van der Waals surface area contributed by atoms with E-state index in [0.29, 0.717) is 6.61 Å². The highest BCUT2D eigenvalue weighted by atomic mass is 19.1. The maximum absolute atomic E-state index is 13.6. The highest BCUT2D eigenvalue weighted by molar-refractivity contribution is 5.55. The van der Waals surface area contributed by atoms with Crippen molar-refractivity contribution in [3.05, 3.63) is 29.6 Å². The van der Waals surface area contributed by atoms with Crippen LogP contribution in [0.15, 0.2) is 18.2 Å². The molecule has 0 bridgehead atoms. The number of anilines is 1. The molecule has 1 heterocycles. The quantitative estimate of drug-likeness (QED) is 0.789. The van der Waals surface area contributed by atoms with Gasteiger partial charge in [-0.15, -0.1) is 0 Å². The molecule has 0 aromatic heterocycles. The van der Waals surface area contributed by atoms with Crippen molar-refractivity contribution in [3.8, 4) is 0 Å². The Labute approximate surface area is 125 Å². The van der Waals surface area contributed by atoms with Gasteiger partial charge in [-0.1, -0.05) is 0 Å². The second-order valence-corrected chi connectivity index (χ2v) is 5.59. The van der Waals surface area contributed by atoms with Gasteiger partial charge in [-0.25, -0.2) is 4.39 Å². The molecule has 1 aromatic rings. The van der Waals surface area contributed by atoms with Gasteiger partial charge in [0.1, 0.15) is 5.82 Å². The number of nitrogens with zero attached hydrogens (tertiary/aromatic N) is 1. The fourth-order valence-corrected chi connectivity index (χ4v) is 2.75. The molecule has 1 saturated heterocycles. The second-order valence-electron chi connectivity index (χ2n) is 5.59. The lowest BCUT2D eigenvalue weighted by Crippen LogP contribution is -2.37. The maximum Gasteiger partial charge on any atom is 0.123 e. The summed E-state index contributed by atoms with van der Waals surface area (Å²) in [5.41, 5.74) is 2.02. The minimum Gasteiger partial charge on any atom is -0.393 e. The number of ether oxygens (including phenoxy) is 1. The van der Waals surface area contributed by atoms with Crippen molar-refractivity contribution in [1.82, 2.24) is 5.32 Å². The van der Waals surface area contributed by atoms with E-state index >= 15 is 0 Å². The van der Waals surface area contributed by atoms with Crippen molar-refractivity contribution in [2.45, 2.75) is 31.9 Å². The van der Waals surface area contributed by atoms with Crippen LogP contribution in [0.5, 0.6) is 0 Å². The summed E-state index contributed by atoms with van der Waals surface area (Å²) in [6, 6.07) is 5.01. The van der Waals surface area contributed by atoms with Crippen LogP contribution in [-0.2, 0) is 4.74 Å². The van der Waals surface area contributed by atoms with E-state index in [2.05, 4.69) is 10.2 Å². The van der Waals surface area contributed by atoms with Crippen molar-refractivity contribution >= 4 is 5.69 Å². The number of halogens is 1. The first-order chi connectivity index (χ1) is 10.1. The minimum atomic E-state index is -0.216. The molecule has 1 unspecified atom stereocenters. The average molecular weight is 296 g/mol. The number of aliphatic hydroxyl groups is 1. The predicted molar refractivity (Wildman–Crippen MR) is 82.1 cm³/mol. The Bertz CT molecular complexity index is 448. The molecule has 0 spiro atoms. The smallest absolute Gasteiger partial charge is 0.123 e. The van der Waals surface area contributed by atoms with Crippen LogP contribution in [0, 0.1) is 5.82 Å². The number of benzene rings is 1. The second kappa shape index (κ2) is 7.73. The summed E-state index contributed by atoms with van der Waals surface area (Å²) in [6.45, 7) is 5.01. The summed E-state index contributed by atoms with van der Waals surface area (Å²) in [6.07, 6.45) is 1.33. The van der Waals surface area contributed by atoms with E-state index in [1.807, 2.05) is 13.0 Å². The molecule has 1 atom stereocenters. The summed E-state index contributed by atoms with van der Waals surface area (Å²) < 4.78 is 18.6. The van der Waals surface area contributed by atoms with Crippen LogP contribution >= 0.6 is 0 Å². The molecule has 1 fully saturated rings. The van der Waals surface area contributed by atoms with Crippen LogP contribution in [0.2, 0.25) is 0 Å². The Kier molecular flexibility index (Phi) is 5.96. The van der Waals surface area contributed by atoms with Gasteiger partial charge in [0, 0.05) is 38.5 Å². The summed E-state index contributed by atoms with van der Waals surface area (Å²) >= 11 is 0. The lowest BCUT2D eigenvalue weighted by molar-refractivity contribution is 0.145. The van der Waals surface area contributed by atoms with E-state index in [1.54, 1.807) is 13.2 Å². The lowest BCUT2D eigenvalue weighted by atomic mass is 10.0. The lowest BCUT2D eigenvalue weighted by Gasteiger charge is -2.34. The first-order valence-corrected chi connectivity index (χ1v) is 7.56. The van der Waals surface area contributed by atoms with Crippen molar-refractivity contribution in [2.24, 2.45) is 0 Å². The highest BCUT2D eigenvalue weighted by Gasteiger charge is 2.21. The summed E-state index contributed by atoms with van der Waals surface area (Å²) in [7, 11) is 1.67. The molecule has 0 radical (unpaired) electrons. The molecule has 1 aliphatic rings. The molecular formula is C16H25FN2O2. The fraction of sp³-hybridized carbons (Fsp3) is 0.625. The van der Waals surface area contributed by atoms with Crippen LogP contribution in [0.4, 0.5) is 10.1 Å². The Balaban J connectivity index is 2.13. The molecule has 4 nitrogen and oxygen atoms in total. The number of hydrogen-bond acceptors (Lipinski definition) is 4. The Morgan fingerprint density at radius 1 is 1.43 bits per heavy atom. The third-order valence-corrected chi connectivity index (χ3v) is 4.02. The van der Waals surface area contributed by atoms with E-state index in [0.717, 1.165) is 43.7 Å². The molecule has 2 N–H and O–H groups in total. The van der Waals surface area contributed by atoms with Gasteiger partial charge in [-0.2, -0.15) is 0 Å². The van der Waals surface area contributed by atoms with Gasteiger partial charge in [-0.05, 0) is 43.5 Å². The van der Waals surface area contributed by atoms with Crippen LogP contribution in [0.3, 0.4) is 0 Å². The maximum atomic E-state index is 13.6. The van der Waals surface area contributed by atoms with E-state index in [4.69, 9.17) is 4.74 Å². The molecule has 0 aliphatic carbocycles. The minimum absolute atomic E-state index is 0.0534. The number of methoxy groups -OCH3 is 1. The van der Waals surface area contributed by atoms with Gasteiger partial charge in [0.2, 0.25) is 0 Å². The van der Waals surface area contributed by atoms with Gasteiger partial charge < -0.3 is 20.1 Å². The van der Waals surface area contributed by atoms with Gasteiger partial charge in [0.25, 0.3) is 0 Å². The van der Waals surface area contributed by atoms with Crippen molar-refractivity contribution in [1.29, 1.82) is 0 Å². The number of hydrogen-bond donors (Lipinski definition) is 2. The van der Waals surface area contributed by atoms with Gasteiger partial charge in [0.15, 0.2) is 0 Å². The molecule has 1 aliphatic heterocycles. The largest absolute Gasteiger partial charge is 0.393 e. The molecule has 2 rings (SSSR count). The first-order valence-electron chi connectivity index (χ1n) is 7.56. The Morgan fingerprint density at radius 2 is 2.14 bits per heavy atom. The SMILES string of the molecule is COCCNC(C)c1cc(F)ccc1N1CCC(O)CC1. The fourth-order valence-electron chi connectivity index (χ4n) is 2.75. The van der Waals surface area contributed by atoms with Crippen LogP contribution in [-0.4, -0.2) is 44.6 Å². The van der Waals surface area contributed by atoms with E-state index in [9.17, 15) is 9.50 Å². The molecule has 0 amide bonds. The molecule has 21 heavy (non-hydrogen) atoms. The number of rotatable bonds is 6. The monoisotopic (exact) mass is 296 g/mol. The van der Waals surface area contributed by atoms with Crippen LogP contribution in [0.25, 0.3) is 0 Å². The summed E-state index contributed by atoms with van der Waals surface area (Å²) in [5.74, 6) is -0.216. The zero-order chi connectivity index (χ0) is 15.2. The first kappa shape index (κ1) is 16.2. The van der Waals surface area contributed by atoms with Crippen LogP contribution < -0.4 is 10.2 Å². The highest BCUT2D eigenvalue weighted by Crippen LogP contribution is 2.29. The van der Waals surface area contributed by atoms with Crippen LogP contribution in [0.1, 0.15) is 31.4 Å². The van der Waals surface area contributed by atoms with Gasteiger partial charge in [-0.3, -0.25) is 0 Å².